The molecule has 0 aliphatic carbocycles. The normalized spacial score (nSPS) is 12.9. The van der Waals surface area contributed by atoms with E-state index >= 15 is 0 Å². The van der Waals surface area contributed by atoms with Gasteiger partial charge in [0.15, 0.2) is 0 Å². The molecule has 0 aliphatic heterocycles. The number of hydrogen-bond acceptors (Lipinski definition) is 2. The number of rotatable bonds is 7. The minimum atomic E-state index is 0.325. The zero-order chi connectivity index (χ0) is 16.2. The van der Waals surface area contributed by atoms with Crippen molar-refractivity contribution in [3.8, 4) is 0 Å². The van der Waals surface area contributed by atoms with E-state index in [0.717, 1.165) is 0 Å². The van der Waals surface area contributed by atoms with Crippen LogP contribution in [0.3, 0.4) is 0 Å². The molecule has 0 aliphatic rings. The molecule has 0 bridgehead atoms. The van der Waals surface area contributed by atoms with Gasteiger partial charge in [0.05, 0.1) is 6.17 Å². The fourth-order valence-corrected chi connectivity index (χ4v) is 3.45. The van der Waals surface area contributed by atoms with E-state index < -0.39 is 0 Å². The molecule has 2 nitrogen and oxygen atoms in total. The van der Waals surface area contributed by atoms with Crippen molar-refractivity contribution in [2.45, 2.75) is 85.7 Å². The van der Waals surface area contributed by atoms with E-state index in [2.05, 4.69) is 95.5 Å². The van der Waals surface area contributed by atoms with Gasteiger partial charge in [-0.3, -0.25) is 9.80 Å². The van der Waals surface area contributed by atoms with Gasteiger partial charge in [-0.15, -0.1) is 0 Å². The first-order valence-electron chi connectivity index (χ1n) is 8.37. The number of benzene rings is 1. The van der Waals surface area contributed by atoms with E-state index in [1.165, 1.54) is 5.56 Å². The lowest BCUT2D eigenvalue weighted by atomic mass is 10.0. The van der Waals surface area contributed by atoms with Gasteiger partial charge in [-0.05, 0) is 61.0 Å². The molecule has 1 aromatic carbocycles. The molecule has 120 valence electrons. The summed E-state index contributed by atoms with van der Waals surface area (Å²) in [5.74, 6) is 0. The maximum absolute atomic E-state index is 2.62. The van der Waals surface area contributed by atoms with Gasteiger partial charge in [0.2, 0.25) is 0 Å². The third kappa shape index (κ3) is 4.55. The minimum absolute atomic E-state index is 0.325. The summed E-state index contributed by atoms with van der Waals surface area (Å²) in [5, 5.41) is 0. The molecule has 0 aromatic heterocycles. The highest BCUT2D eigenvalue weighted by Crippen LogP contribution is 2.32. The lowest BCUT2D eigenvalue weighted by molar-refractivity contribution is -0.0373. The average Bonchev–Trinajstić information content (AvgIpc) is 2.37. The Kier molecular flexibility index (Phi) is 6.89. The predicted molar refractivity (Wildman–Crippen MR) is 93.4 cm³/mol. The first kappa shape index (κ1) is 18.2. The lowest BCUT2D eigenvalue weighted by Gasteiger charge is -2.48. The summed E-state index contributed by atoms with van der Waals surface area (Å²) in [6, 6.07) is 13.0. The van der Waals surface area contributed by atoms with Crippen molar-refractivity contribution in [2.24, 2.45) is 0 Å². The van der Waals surface area contributed by atoms with Crippen molar-refractivity contribution in [2.75, 3.05) is 0 Å². The molecule has 0 fully saturated rings. The number of hydrogen-bond donors (Lipinski definition) is 0. The molecule has 21 heavy (non-hydrogen) atoms. The van der Waals surface area contributed by atoms with Gasteiger partial charge in [0, 0.05) is 24.2 Å². The summed E-state index contributed by atoms with van der Waals surface area (Å²) in [6.07, 6.45) is 0.325. The Labute approximate surface area is 132 Å². The van der Waals surface area contributed by atoms with Gasteiger partial charge in [-0.25, -0.2) is 0 Å². The molecule has 0 heterocycles. The standard InChI is InChI=1S/C19H34N2/c1-14(2)20(15(3)4)19(18-12-10-9-11-13-18)21(16(5)6)17(7)8/h9-17,19H,1-8H3. The summed E-state index contributed by atoms with van der Waals surface area (Å²) in [7, 11) is 0. The Morgan fingerprint density at radius 1 is 0.571 bits per heavy atom. The summed E-state index contributed by atoms with van der Waals surface area (Å²) in [6.45, 7) is 18.4. The molecule has 0 radical (unpaired) electrons. The molecule has 0 N–H and O–H groups in total. The van der Waals surface area contributed by atoms with Crippen molar-refractivity contribution < 1.29 is 0 Å². The summed E-state index contributed by atoms with van der Waals surface area (Å²) in [4.78, 5) is 5.24. The average molecular weight is 290 g/mol. The van der Waals surface area contributed by atoms with E-state index in [1.807, 2.05) is 0 Å². The molecule has 0 atom stereocenters. The molecule has 0 saturated carbocycles. The topological polar surface area (TPSA) is 6.48 Å². The van der Waals surface area contributed by atoms with Crippen molar-refractivity contribution in [3.05, 3.63) is 35.9 Å². The van der Waals surface area contributed by atoms with Crippen LogP contribution < -0.4 is 0 Å². The van der Waals surface area contributed by atoms with Gasteiger partial charge in [-0.1, -0.05) is 30.3 Å². The second-order valence-electron chi connectivity index (χ2n) is 7.05. The zero-order valence-corrected chi connectivity index (χ0v) is 15.2. The largest absolute Gasteiger partial charge is 0.279 e. The first-order chi connectivity index (χ1) is 9.77. The predicted octanol–water partition coefficient (Wildman–Crippen LogP) is 4.92. The third-order valence-corrected chi connectivity index (χ3v) is 4.05. The van der Waals surface area contributed by atoms with Crippen molar-refractivity contribution in [1.29, 1.82) is 0 Å². The van der Waals surface area contributed by atoms with E-state index in [4.69, 9.17) is 0 Å². The molecule has 2 heteroatoms. The molecule has 1 aromatic rings. The van der Waals surface area contributed by atoms with Gasteiger partial charge >= 0.3 is 0 Å². The van der Waals surface area contributed by atoms with Crippen LogP contribution in [0.2, 0.25) is 0 Å². The Bertz CT molecular complexity index is 359. The lowest BCUT2D eigenvalue weighted by Crippen LogP contribution is -2.52. The van der Waals surface area contributed by atoms with Crippen molar-refractivity contribution in [3.63, 3.8) is 0 Å². The van der Waals surface area contributed by atoms with Crippen LogP contribution >= 0.6 is 0 Å². The first-order valence-corrected chi connectivity index (χ1v) is 8.37. The zero-order valence-electron chi connectivity index (χ0n) is 15.2. The van der Waals surface area contributed by atoms with Crippen LogP contribution in [0.1, 0.15) is 67.1 Å². The van der Waals surface area contributed by atoms with Gasteiger partial charge < -0.3 is 0 Å². The van der Waals surface area contributed by atoms with Crippen LogP contribution in [-0.4, -0.2) is 34.0 Å². The van der Waals surface area contributed by atoms with Gasteiger partial charge in [0.1, 0.15) is 0 Å². The monoisotopic (exact) mass is 290 g/mol. The van der Waals surface area contributed by atoms with E-state index in [9.17, 15) is 0 Å². The van der Waals surface area contributed by atoms with Gasteiger partial charge in [0.25, 0.3) is 0 Å². The molecule has 0 saturated heterocycles. The van der Waals surface area contributed by atoms with Crippen molar-refractivity contribution in [1.82, 2.24) is 9.80 Å². The minimum Gasteiger partial charge on any atom is -0.279 e. The number of nitrogens with zero attached hydrogens (tertiary/aromatic N) is 2. The Balaban J connectivity index is 3.34. The maximum atomic E-state index is 2.62. The van der Waals surface area contributed by atoms with Crippen LogP contribution in [0, 0.1) is 0 Å². The summed E-state index contributed by atoms with van der Waals surface area (Å²) >= 11 is 0. The Morgan fingerprint density at radius 2 is 0.905 bits per heavy atom. The van der Waals surface area contributed by atoms with Crippen LogP contribution in [-0.2, 0) is 0 Å². The molecular weight excluding hydrogens is 256 g/mol. The Morgan fingerprint density at radius 3 is 1.19 bits per heavy atom. The second kappa shape index (κ2) is 7.95. The van der Waals surface area contributed by atoms with Crippen molar-refractivity contribution >= 4 is 0 Å². The van der Waals surface area contributed by atoms with Crippen LogP contribution in [0.15, 0.2) is 30.3 Å². The van der Waals surface area contributed by atoms with E-state index in [0.29, 0.717) is 30.3 Å². The summed E-state index contributed by atoms with van der Waals surface area (Å²) in [5.41, 5.74) is 1.39. The Hall–Kier alpha value is -0.860. The third-order valence-electron chi connectivity index (χ3n) is 4.05. The molecule has 1 rings (SSSR count). The van der Waals surface area contributed by atoms with E-state index in [-0.39, 0.29) is 0 Å². The molecule has 0 amide bonds. The highest BCUT2D eigenvalue weighted by molar-refractivity contribution is 5.19. The van der Waals surface area contributed by atoms with Crippen LogP contribution in [0.4, 0.5) is 0 Å². The highest BCUT2D eigenvalue weighted by atomic mass is 15.4. The van der Waals surface area contributed by atoms with Crippen LogP contribution in [0.25, 0.3) is 0 Å². The fourth-order valence-electron chi connectivity index (χ4n) is 3.45. The second-order valence-corrected chi connectivity index (χ2v) is 7.05. The SMILES string of the molecule is CC(C)N(C(C)C)C(c1ccccc1)N(C(C)C)C(C)C. The molecule has 0 unspecified atom stereocenters. The molecule has 0 spiro atoms. The fraction of sp³-hybridized carbons (Fsp3) is 0.684. The van der Waals surface area contributed by atoms with Crippen LogP contribution in [0.5, 0.6) is 0 Å². The van der Waals surface area contributed by atoms with E-state index in [1.54, 1.807) is 0 Å². The molecular formula is C19H34N2. The smallest absolute Gasteiger partial charge is 0.0895 e. The van der Waals surface area contributed by atoms with Gasteiger partial charge in [-0.2, -0.15) is 0 Å². The highest BCUT2D eigenvalue weighted by Gasteiger charge is 2.33. The summed E-state index contributed by atoms with van der Waals surface area (Å²) < 4.78 is 0. The maximum Gasteiger partial charge on any atom is 0.0895 e. The quantitative estimate of drug-likeness (QED) is 0.657.